The third kappa shape index (κ3) is 2.77. The highest BCUT2D eigenvalue weighted by Crippen LogP contribution is 2.21. The molecular formula is C12H17N3O4S. The number of methoxy groups -OCH3 is 1. The zero-order valence-electron chi connectivity index (χ0n) is 11.1. The molecule has 2 rings (SSSR count). The summed E-state index contributed by atoms with van der Waals surface area (Å²) in [6, 6.07) is 5.17. The van der Waals surface area contributed by atoms with Crippen LogP contribution in [-0.2, 0) is 14.8 Å². The van der Waals surface area contributed by atoms with Gasteiger partial charge in [0.2, 0.25) is 15.9 Å². The topological polar surface area (TPSA) is 102 Å². The van der Waals surface area contributed by atoms with Crippen molar-refractivity contribution in [2.75, 3.05) is 26.7 Å². The maximum Gasteiger partial charge on any atom is 0.243 e. The molecule has 1 fully saturated rings. The smallest absolute Gasteiger partial charge is 0.243 e. The second-order valence-electron chi connectivity index (χ2n) is 4.41. The summed E-state index contributed by atoms with van der Waals surface area (Å²) in [6.45, 7) is 0.922. The van der Waals surface area contributed by atoms with Gasteiger partial charge in [0, 0.05) is 19.6 Å². The molecule has 8 heteroatoms. The van der Waals surface area contributed by atoms with Gasteiger partial charge in [0.05, 0.1) is 12.0 Å². The van der Waals surface area contributed by atoms with Crippen molar-refractivity contribution in [3.63, 3.8) is 0 Å². The Morgan fingerprint density at radius 1 is 1.40 bits per heavy atom. The lowest BCUT2D eigenvalue weighted by molar-refractivity contribution is -0.122. The number of carbonyl (C=O) groups is 1. The summed E-state index contributed by atoms with van der Waals surface area (Å²) in [5.41, 5.74) is 5.27. The first kappa shape index (κ1) is 14.8. The number of nitrogens with one attached hydrogen (secondary N) is 1. The van der Waals surface area contributed by atoms with Crippen LogP contribution >= 0.6 is 0 Å². The van der Waals surface area contributed by atoms with Crippen LogP contribution in [0.25, 0.3) is 0 Å². The molecule has 1 aromatic rings. The van der Waals surface area contributed by atoms with Gasteiger partial charge < -0.3 is 15.8 Å². The average molecular weight is 299 g/mol. The van der Waals surface area contributed by atoms with Crippen molar-refractivity contribution in [2.24, 2.45) is 5.73 Å². The fourth-order valence-electron chi connectivity index (χ4n) is 2.10. The molecule has 0 aliphatic carbocycles. The highest BCUT2D eigenvalue weighted by molar-refractivity contribution is 7.89. The number of hydrogen-bond acceptors (Lipinski definition) is 5. The van der Waals surface area contributed by atoms with E-state index in [9.17, 15) is 13.2 Å². The lowest BCUT2D eigenvalue weighted by Crippen LogP contribution is -2.58. The Morgan fingerprint density at radius 3 is 2.60 bits per heavy atom. The largest absolute Gasteiger partial charge is 0.497 e. The minimum Gasteiger partial charge on any atom is -0.497 e. The molecule has 1 amide bonds. The fraction of sp³-hybridized carbons (Fsp3) is 0.417. The summed E-state index contributed by atoms with van der Waals surface area (Å²) in [5, 5.41) is 2.96. The summed E-state index contributed by atoms with van der Waals surface area (Å²) >= 11 is 0. The number of nitrogens with two attached hydrogens (primary N) is 1. The van der Waals surface area contributed by atoms with Gasteiger partial charge in [0.1, 0.15) is 11.8 Å². The first-order valence-electron chi connectivity index (χ1n) is 6.13. The van der Waals surface area contributed by atoms with Crippen LogP contribution in [0, 0.1) is 0 Å². The molecule has 3 N–H and O–H groups in total. The predicted molar refractivity (Wildman–Crippen MR) is 72.7 cm³/mol. The third-order valence-corrected chi connectivity index (χ3v) is 5.11. The summed E-state index contributed by atoms with van der Waals surface area (Å²) in [7, 11) is -2.24. The Labute approximate surface area is 117 Å². The van der Waals surface area contributed by atoms with Crippen molar-refractivity contribution in [1.82, 2.24) is 9.62 Å². The van der Waals surface area contributed by atoms with Gasteiger partial charge in [-0.15, -0.1) is 0 Å². The minimum atomic E-state index is -3.74. The van der Waals surface area contributed by atoms with Crippen LogP contribution in [0.5, 0.6) is 5.75 Å². The highest BCUT2D eigenvalue weighted by Gasteiger charge is 2.36. The second-order valence-corrected chi connectivity index (χ2v) is 6.30. The summed E-state index contributed by atoms with van der Waals surface area (Å²) < 4.78 is 31.2. The molecule has 20 heavy (non-hydrogen) atoms. The van der Waals surface area contributed by atoms with Crippen LogP contribution in [0.1, 0.15) is 0 Å². The maximum atomic E-state index is 12.6. The van der Waals surface area contributed by atoms with Crippen LogP contribution in [0.4, 0.5) is 0 Å². The Morgan fingerprint density at radius 2 is 2.05 bits per heavy atom. The monoisotopic (exact) mass is 299 g/mol. The average Bonchev–Trinajstić information content (AvgIpc) is 2.47. The SMILES string of the molecule is COc1ccc(S(=O)(=O)N2CCNCC2C(N)=O)cc1. The quantitative estimate of drug-likeness (QED) is 0.753. The summed E-state index contributed by atoms with van der Waals surface area (Å²) in [5.74, 6) is -0.0926. The number of sulfonamides is 1. The Kier molecular flexibility index (Phi) is 4.26. The van der Waals surface area contributed by atoms with Crippen LogP contribution < -0.4 is 15.8 Å². The van der Waals surface area contributed by atoms with Gasteiger partial charge in [-0.25, -0.2) is 8.42 Å². The molecule has 7 nitrogen and oxygen atoms in total. The van der Waals surface area contributed by atoms with Crippen molar-refractivity contribution >= 4 is 15.9 Å². The second kappa shape index (κ2) is 5.78. The number of rotatable bonds is 4. The van der Waals surface area contributed by atoms with Crippen molar-refractivity contribution in [3.8, 4) is 5.75 Å². The first-order chi connectivity index (χ1) is 9.46. The standard InChI is InChI=1S/C12H17N3O4S/c1-19-9-2-4-10(5-3-9)20(17,18)15-7-6-14-8-11(15)12(13)16/h2-5,11,14H,6-8H2,1H3,(H2,13,16). The van der Waals surface area contributed by atoms with E-state index in [1.54, 1.807) is 12.1 Å². The molecule has 1 aliphatic rings. The number of ether oxygens (including phenoxy) is 1. The van der Waals surface area contributed by atoms with Gasteiger partial charge in [0.25, 0.3) is 0 Å². The molecular weight excluding hydrogens is 282 g/mol. The number of piperazine rings is 1. The third-order valence-electron chi connectivity index (χ3n) is 3.19. The molecule has 1 aliphatic heterocycles. The Hall–Kier alpha value is -1.64. The molecule has 1 atom stereocenters. The van der Waals surface area contributed by atoms with E-state index < -0.39 is 22.0 Å². The summed E-state index contributed by atoms with van der Waals surface area (Å²) in [6.07, 6.45) is 0. The van der Waals surface area contributed by atoms with Crippen molar-refractivity contribution in [3.05, 3.63) is 24.3 Å². The fourth-order valence-corrected chi connectivity index (χ4v) is 3.69. The number of benzene rings is 1. The molecule has 0 saturated carbocycles. The van der Waals surface area contributed by atoms with Crippen LogP contribution in [0.3, 0.4) is 0 Å². The van der Waals surface area contributed by atoms with Crippen molar-refractivity contribution in [1.29, 1.82) is 0 Å². The molecule has 1 unspecified atom stereocenters. The van der Waals surface area contributed by atoms with Crippen LogP contribution in [0.15, 0.2) is 29.2 Å². The molecule has 1 heterocycles. The summed E-state index contributed by atoms with van der Waals surface area (Å²) in [4.78, 5) is 11.5. The van der Waals surface area contributed by atoms with Gasteiger partial charge in [-0.2, -0.15) is 4.31 Å². The van der Waals surface area contributed by atoms with Gasteiger partial charge in [0.15, 0.2) is 0 Å². The van der Waals surface area contributed by atoms with Crippen LogP contribution in [0.2, 0.25) is 0 Å². The van der Waals surface area contributed by atoms with E-state index in [0.29, 0.717) is 12.3 Å². The number of primary amides is 1. The van der Waals surface area contributed by atoms with Gasteiger partial charge >= 0.3 is 0 Å². The molecule has 110 valence electrons. The van der Waals surface area contributed by atoms with E-state index in [0.717, 1.165) is 4.31 Å². The lowest BCUT2D eigenvalue weighted by Gasteiger charge is -2.33. The molecule has 0 bridgehead atoms. The van der Waals surface area contributed by atoms with Gasteiger partial charge in [-0.1, -0.05) is 0 Å². The van der Waals surface area contributed by atoms with Crippen molar-refractivity contribution in [2.45, 2.75) is 10.9 Å². The molecule has 1 saturated heterocycles. The van der Waals surface area contributed by atoms with E-state index in [4.69, 9.17) is 10.5 Å². The number of amides is 1. The minimum absolute atomic E-state index is 0.117. The van der Waals surface area contributed by atoms with Gasteiger partial charge in [-0.3, -0.25) is 4.79 Å². The Balaban J connectivity index is 2.34. The zero-order valence-corrected chi connectivity index (χ0v) is 11.9. The number of nitrogens with zero attached hydrogens (tertiary/aromatic N) is 1. The predicted octanol–water partition coefficient (Wildman–Crippen LogP) is -0.857. The first-order valence-corrected chi connectivity index (χ1v) is 7.57. The normalized spacial score (nSPS) is 20.6. The van der Waals surface area contributed by atoms with Gasteiger partial charge in [-0.05, 0) is 24.3 Å². The van der Waals surface area contributed by atoms with E-state index in [1.807, 2.05) is 0 Å². The number of hydrogen-bond donors (Lipinski definition) is 2. The number of carbonyl (C=O) groups excluding carboxylic acids is 1. The van der Waals surface area contributed by atoms with E-state index >= 15 is 0 Å². The molecule has 1 aromatic carbocycles. The van der Waals surface area contributed by atoms with E-state index in [1.165, 1.54) is 19.2 Å². The molecule has 0 spiro atoms. The van der Waals surface area contributed by atoms with Crippen molar-refractivity contribution < 1.29 is 17.9 Å². The van der Waals surface area contributed by atoms with Crippen LogP contribution in [-0.4, -0.2) is 51.4 Å². The van der Waals surface area contributed by atoms with E-state index in [-0.39, 0.29) is 18.0 Å². The maximum absolute atomic E-state index is 12.6. The Bertz CT molecular complexity index is 585. The highest BCUT2D eigenvalue weighted by atomic mass is 32.2. The lowest BCUT2D eigenvalue weighted by atomic mass is 10.2. The zero-order chi connectivity index (χ0) is 14.8. The van der Waals surface area contributed by atoms with E-state index in [2.05, 4.69) is 5.32 Å². The molecule has 0 aromatic heterocycles. The molecule has 0 radical (unpaired) electrons.